The van der Waals surface area contributed by atoms with Gasteiger partial charge in [-0.25, -0.2) is 4.98 Å². The van der Waals surface area contributed by atoms with Gasteiger partial charge in [-0.2, -0.15) is 11.3 Å². The van der Waals surface area contributed by atoms with Crippen molar-refractivity contribution in [3.63, 3.8) is 0 Å². The lowest BCUT2D eigenvalue weighted by Crippen LogP contribution is -2.29. The van der Waals surface area contributed by atoms with Crippen LogP contribution in [-0.4, -0.2) is 43.6 Å². The van der Waals surface area contributed by atoms with E-state index < -0.39 is 0 Å². The Bertz CT molecular complexity index is 1670. The van der Waals surface area contributed by atoms with Gasteiger partial charge in [-0.3, -0.25) is 19.9 Å². The molecule has 39 heavy (non-hydrogen) atoms. The van der Waals surface area contributed by atoms with E-state index >= 15 is 0 Å². The second-order valence-electron chi connectivity index (χ2n) is 10.9. The molecule has 1 unspecified atom stereocenters. The number of nitrogens with one attached hydrogen (secondary N) is 2. The van der Waals surface area contributed by atoms with Gasteiger partial charge in [0, 0.05) is 53.1 Å². The fraction of sp³-hybridized carbons (Fsp3) is 0.290. The van der Waals surface area contributed by atoms with Crippen molar-refractivity contribution in [2.45, 2.75) is 44.8 Å². The van der Waals surface area contributed by atoms with E-state index in [0.29, 0.717) is 0 Å². The largest absolute Gasteiger partial charge is 0.373 e. The van der Waals surface area contributed by atoms with E-state index in [1.54, 1.807) is 11.3 Å². The molecule has 3 aliphatic heterocycles. The van der Waals surface area contributed by atoms with E-state index in [4.69, 9.17) is 15.0 Å². The second kappa shape index (κ2) is 9.10. The molecule has 0 bridgehead atoms. The number of fused-ring (bicyclic) bond motifs is 4. The van der Waals surface area contributed by atoms with Crippen LogP contribution in [0.5, 0.6) is 0 Å². The molecule has 8 heteroatoms. The van der Waals surface area contributed by atoms with Crippen molar-refractivity contribution in [2.24, 2.45) is 4.99 Å². The Morgan fingerprint density at radius 3 is 2.79 bits per heavy atom. The normalized spacial score (nSPS) is 21.6. The molecule has 4 aromatic heterocycles. The van der Waals surface area contributed by atoms with Crippen molar-refractivity contribution in [1.82, 2.24) is 30.2 Å². The molecule has 7 nitrogen and oxygen atoms in total. The third kappa shape index (κ3) is 4.06. The average Bonchev–Trinajstić information content (AvgIpc) is 3.27. The number of allylic oxidation sites excluding steroid dienone is 2. The van der Waals surface area contributed by atoms with Gasteiger partial charge < -0.3 is 10.3 Å². The number of rotatable bonds is 5. The molecule has 0 saturated carbocycles. The van der Waals surface area contributed by atoms with Gasteiger partial charge in [-0.1, -0.05) is 12.5 Å². The first-order valence-corrected chi connectivity index (χ1v) is 14.7. The fourth-order valence-corrected chi connectivity index (χ4v) is 6.75. The highest BCUT2D eigenvalue weighted by Crippen LogP contribution is 2.42. The van der Waals surface area contributed by atoms with Gasteiger partial charge >= 0.3 is 0 Å². The summed E-state index contributed by atoms with van der Waals surface area (Å²) in [5.41, 5.74) is 12.0. The predicted molar refractivity (Wildman–Crippen MR) is 155 cm³/mol. The predicted octanol–water partition coefficient (Wildman–Crippen LogP) is 5.80. The molecular formula is C31H29N7S. The van der Waals surface area contributed by atoms with Gasteiger partial charge in [0.15, 0.2) is 5.82 Å². The van der Waals surface area contributed by atoms with E-state index in [0.717, 1.165) is 57.4 Å². The molecular weight excluding hydrogens is 502 g/mol. The van der Waals surface area contributed by atoms with E-state index in [-0.39, 0.29) is 12.1 Å². The van der Waals surface area contributed by atoms with Crippen LogP contribution in [0.4, 0.5) is 0 Å². The number of thiophene rings is 1. The Morgan fingerprint density at radius 2 is 1.92 bits per heavy atom. The minimum Gasteiger partial charge on any atom is -0.373 e. The monoisotopic (exact) mass is 531 g/mol. The number of aromatic nitrogens is 4. The van der Waals surface area contributed by atoms with Gasteiger partial charge in [-0.05, 0) is 79.0 Å². The minimum absolute atomic E-state index is 0.0149. The van der Waals surface area contributed by atoms with E-state index in [9.17, 15) is 0 Å². The molecule has 0 aromatic carbocycles. The third-order valence-corrected chi connectivity index (χ3v) is 8.86. The van der Waals surface area contributed by atoms with Crippen LogP contribution in [-0.2, 0) is 6.54 Å². The molecule has 0 amide bonds. The van der Waals surface area contributed by atoms with Crippen LogP contribution in [0.1, 0.15) is 77.9 Å². The maximum atomic E-state index is 5.15. The van der Waals surface area contributed by atoms with Crippen molar-refractivity contribution >= 4 is 22.6 Å². The van der Waals surface area contributed by atoms with E-state index in [2.05, 4.69) is 68.2 Å². The molecule has 2 fully saturated rings. The molecule has 4 aromatic rings. The summed E-state index contributed by atoms with van der Waals surface area (Å²) in [6, 6.07) is 6.81. The molecule has 2 atom stereocenters. The smallest absolute Gasteiger partial charge is 0.157 e. The highest BCUT2D eigenvalue weighted by Gasteiger charge is 2.38. The average molecular weight is 532 g/mol. The summed E-state index contributed by atoms with van der Waals surface area (Å²) < 4.78 is 0. The number of hydrogen-bond acceptors (Lipinski definition) is 7. The summed E-state index contributed by atoms with van der Waals surface area (Å²) in [6.45, 7) is 5.40. The van der Waals surface area contributed by atoms with Crippen molar-refractivity contribution in [3.05, 3.63) is 105 Å². The Hall–Kier alpha value is -3.88. The zero-order valence-electron chi connectivity index (χ0n) is 21.8. The highest BCUT2D eigenvalue weighted by molar-refractivity contribution is 7.08. The van der Waals surface area contributed by atoms with Crippen LogP contribution >= 0.6 is 11.3 Å². The van der Waals surface area contributed by atoms with Gasteiger partial charge in [0.2, 0.25) is 0 Å². The molecule has 4 aliphatic rings. The highest BCUT2D eigenvalue weighted by atomic mass is 32.1. The molecule has 194 valence electrons. The first-order valence-electron chi connectivity index (χ1n) is 13.8. The lowest BCUT2D eigenvalue weighted by Gasteiger charge is -2.26. The zero-order valence-corrected chi connectivity index (χ0v) is 22.6. The number of hydrogen-bond donors (Lipinski definition) is 2. The number of nitrogens with zero attached hydrogens (tertiary/aromatic N) is 5. The van der Waals surface area contributed by atoms with Crippen molar-refractivity contribution < 1.29 is 0 Å². The summed E-state index contributed by atoms with van der Waals surface area (Å²) in [5.74, 6) is 0.803. The van der Waals surface area contributed by atoms with Crippen LogP contribution < -0.4 is 5.32 Å². The number of aromatic amines is 1. The second-order valence-corrected chi connectivity index (χ2v) is 11.6. The molecule has 2 N–H and O–H groups in total. The molecule has 0 radical (unpaired) electrons. The minimum atomic E-state index is -0.0149. The summed E-state index contributed by atoms with van der Waals surface area (Å²) >= 11 is 1.70. The first-order chi connectivity index (χ1) is 19.2. The molecule has 8 rings (SSSR count). The van der Waals surface area contributed by atoms with E-state index in [1.165, 1.54) is 49.2 Å². The Balaban J connectivity index is 1.15. The van der Waals surface area contributed by atoms with Gasteiger partial charge in [0.25, 0.3) is 0 Å². The number of pyridine rings is 2. The number of aliphatic imine (C=N–C) groups is 1. The van der Waals surface area contributed by atoms with Crippen LogP contribution in [0, 0.1) is 0 Å². The standard InChI is InChI=1S/C31H29N7S/c1-18-26-24(12-22(15-33-26)21-11-19(13-32-14-21)16-38-8-3-2-4-9-38)28(34-18)31-36-27-23(20-7-10-39-17-20)5-6-25-29(35-25)30(27)37-31/h5-7,10-15,17-18,29,35H,2-4,8-9,16H2,1H3,(H,36,37)/t18-,29?/m0/s1. The quantitative estimate of drug-likeness (QED) is 0.318. The van der Waals surface area contributed by atoms with Crippen LogP contribution in [0.15, 0.2) is 70.4 Å². The molecule has 0 spiro atoms. The first kappa shape index (κ1) is 23.0. The summed E-state index contributed by atoms with van der Waals surface area (Å²) in [5, 5.41) is 7.77. The van der Waals surface area contributed by atoms with Crippen LogP contribution in [0.25, 0.3) is 16.7 Å². The van der Waals surface area contributed by atoms with Crippen LogP contribution in [0.2, 0.25) is 0 Å². The summed E-state index contributed by atoms with van der Waals surface area (Å²) in [4.78, 5) is 25.8. The van der Waals surface area contributed by atoms with Crippen LogP contribution in [0.3, 0.4) is 0 Å². The van der Waals surface area contributed by atoms with Gasteiger partial charge in [-0.15, -0.1) is 0 Å². The molecule has 7 heterocycles. The Labute approximate surface area is 231 Å². The molecule has 1 aliphatic carbocycles. The molecule has 2 saturated heterocycles. The Morgan fingerprint density at radius 1 is 1.03 bits per heavy atom. The van der Waals surface area contributed by atoms with Crippen molar-refractivity contribution in [3.8, 4) is 11.1 Å². The lowest BCUT2D eigenvalue weighted by molar-refractivity contribution is 0.220. The third-order valence-electron chi connectivity index (χ3n) is 8.18. The fourth-order valence-electron chi connectivity index (χ4n) is 6.09. The van der Waals surface area contributed by atoms with Crippen molar-refractivity contribution in [2.75, 3.05) is 13.1 Å². The topological polar surface area (TPSA) is 92.0 Å². The lowest BCUT2D eigenvalue weighted by atomic mass is 10.0. The SMILES string of the molecule is C[C@@H]1N=C(c2nc3c([nH]2)C2NC2=CC=C3c2ccsc2)c2cc(-c3cncc(CN4CCCCC4)c3)cnc21. The number of H-pyrrole nitrogens is 1. The maximum absolute atomic E-state index is 5.15. The Kier molecular flexibility index (Phi) is 5.38. The van der Waals surface area contributed by atoms with Gasteiger partial charge in [0.05, 0.1) is 23.1 Å². The van der Waals surface area contributed by atoms with Gasteiger partial charge in [0.1, 0.15) is 11.8 Å². The summed E-state index contributed by atoms with van der Waals surface area (Å²) in [6.07, 6.45) is 14.2. The van der Waals surface area contributed by atoms with E-state index in [1.807, 2.05) is 18.6 Å². The maximum Gasteiger partial charge on any atom is 0.157 e. The number of imidazole rings is 1. The van der Waals surface area contributed by atoms with Crippen molar-refractivity contribution in [1.29, 1.82) is 0 Å². The summed E-state index contributed by atoms with van der Waals surface area (Å²) in [7, 11) is 0. The number of piperidine rings is 1. The zero-order chi connectivity index (χ0) is 25.9. The number of likely N-dealkylation sites (tertiary alicyclic amines) is 1.